The van der Waals surface area contributed by atoms with Crippen molar-refractivity contribution in [2.75, 3.05) is 20.1 Å². The molecule has 0 radical (unpaired) electrons. The zero-order valence-corrected chi connectivity index (χ0v) is 13.1. The first-order valence-electron chi connectivity index (χ1n) is 7.55. The third kappa shape index (κ3) is 2.79. The summed E-state index contributed by atoms with van der Waals surface area (Å²) >= 11 is 0. The second-order valence-electron chi connectivity index (χ2n) is 5.62. The molecule has 0 saturated carbocycles. The standard InChI is InChI=1S/C17H18F3N3/c1-3-22(2)10-11-23-14-7-5-4-6-12(14)13-8-9-21-16(15(13)23)17(18,19)20/h4-9H,3,10-11H2,1-2H3. The molecule has 2 aromatic heterocycles. The average Bonchev–Trinajstić information content (AvgIpc) is 2.85. The van der Waals surface area contributed by atoms with Crippen molar-refractivity contribution in [3.63, 3.8) is 0 Å². The Kier molecular flexibility index (Phi) is 4.02. The van der Waals surface area contributed by atoms with Crippen molar-refractivity contribution < 1.29 is 13.2 Å². The Bertz CT molecular complexity index is 836. The average molecular weight is 321 g/mol. The van der Waals surface area contributed by atoms with Crippen molar-refractivity contribution in [2.24, 2.45) is 0 Å². The molecular weight excluding hydrogens is 303 g/mol. The van der Waals surface area contributed by atoms with Gasteiger partial charge in [-0.05, 0) is 25.7 Å². The number of fused-ring (bicyclic) bond motifs is 3. The monoisotopic (exact) mass is 321 g/mol. The quantitative estimate of drug-likeness (QED) is 0.719. The normalized spacial score (nSPS) is 12.6. The fourth-order valence-corrected chi connectivity index (χ4v) is 2.87. The molecule has 3 rings (SSSR count). The Morgan fingerprint density at radius 3 is 2.57 bits per heavy atom. The number of likely N-dealkylation sites (N-methyl/N-ethyl adjacent to an activating group) is 1. The highest BCUT2D eigenvalue weighted by Gasteiger charge is 2.36. The first-order chi connectivity index (χ1) is 10.9. The zero-order valence-electron chi connectivity index (χ0n) is 13.1. The van der Waals surface area contributed by atoms with Crippen molar-refractivity contribution in [2.45, 2.75) is 19.6 Å². The molecule has 6 heteroatoms. The molecule has 0 unspecified atom stereocenters. The van der Waals surface area contributed by atoms with Crippen molar-refractivity contribution in [3.8, 4) is 0 Å². The molecular formula is C17H18F3N3. The van der Waals surface area contributed by atoms with Gasteiger partial charge in [0, 0.05) is 35.6 Å². The molecule has 2 heterocycles. The van der Waals surface area contributed by atoms with Crippen LogP contribution in [0.3, 0.4) is 0 Å². The van der Waals surface area contributed by atoms with Gasteiger partial charge in [0.15, 0.2) is 5.69 Å². The lowest BCUT2D eigenvalue weighted by molar-refractivity contribution is -0.140. The molecule has 3 nitrogen and oxygen atoms in total. The first-order valence-corrected chi connectivity index (χ1v) is 7.55. The third-order valence-electron chi connectivity index (χ3n) is 4.19. The summed E-state index contributed by atoms with van der Waals surface area (Å²) in [4.78, 5) is 5.70. The van der Waals surface area contributed by atoms with Gasteiger partial charge in [0.1, 0.15) is 0 Å². The van der Waals surface area contributed by atoms with Crippen LogP contribution in [0.25, 0.3) is 21.8 Å². The molecule has 0 bridgehead atoms. The Hall–Kier alpha value is -2.08. The van der Waals surface area contributed by atoms with Crippen LogP contribution in [0.4, 0.5) is 13.2 Å². The summed E-state index contributed by atoms with van der Waals surface area (Å²) in [6, 6.07) is 9.08. The highest BCUT2D eigenvalue weighted by molar-refractivity contribution is 6.08. The fraction of sp³-hybridized carbons (Fsp3) is 0.353. The molecule has 122 valence electrons. The molecule has 0 saturated heterocycles. The largest absolute Gasteiger partial charge is 0.435 e. The Labute approximate surface area is 132 Å². The van der Waals surface area contributed by atoms with Crippen molar-refractivity contribution >= 4 is 21.8 Å². The molecule has 0 aliphatic carbocycles. The summed E-state index contributed by atoms with van der Waals surface area (Å²) < 4.78 is 42.0. The van der Waals surface area contributed by atoms with Gasteiger partial charge in [-0.25, -0.2) is 4.98 Å². The molecule has 0 fully saturated rings. The predicted octanol–water partition coefficient (Wildman–Crippen LogP) is 4.16. The summed E-state index contributed by atoms with van der Waals surface area (Å²) in [5, 5.41) is 1.43. The predicted molar refractivity (Wildman–Crippen MR) is 85.4 cm³/mol. The van der Waals surface area contributed by atoms with Gasteiger partial charge < -0.3 is 9.47 Å². The van der Waals surface area contributed by atoms with Crippen LogP contribution in [0, 0.1) is 0 Å². The second-order valence-corrected chi connectivity index (χ2v) is 5.62. The summed E-state index contributed by atoms with van der Waals surface area (Å²) in [7, 11) is 1.96. The minimum atomic E-state index is -4.47. The number of para-hydroxylation sites is 1. The van der Waals surface area contributed by atoms with E-state index in [0.29, 0.717) is 18.5 Å². The Balaban J connectivity index is 2.28. The van der Waals surface area contributed by atoms with Crippen LogP contribution in [-0.4, -0.2) is 34.6 Å². The van der Waals surface area contributed by atoms with Crippen molar-refractivity contribution in [1.29, 1.82) is 0 Å². The van der Waals surface area contributed by atoms with Crippen molar-refractivity contribution in [3.05, 3.63) is 42.2 Å². The maximum absolute atomic E-state index is 13.4. The summed E-state index contributed by atoms with van der Waals surface area (Å²) in [5.74, 6) is 0. The summed E-state index contributed by atoms with van der Waals surface area (Å²) in [6.45, 7) is 4.04. The SMILES string of the molecule is CCN(C)CCn1c2ccccc2c2ccnc(C(F)(F)F)c21. The van der Waals surface area contributed by atoms with Crippen LogP contribution in [0.2, 0.25) is 0 Å². The number of rotatable bonds is 4. The maximum atomic E-state index is 13.4. The number of alkyl halides is 3. The van der Waals surface area contributed by atoms with E-state index >= 15 is 0 Å². The Morgan fingerprint density at radius 2 is 1.87 bits per heavy atom. The second kappa shape index (κ2) is 5.85. The van der Waals surface area contributed by atoms with Gasteiger partial charge in [-0.15, -0.1) is 0 Å². The van der Waals surface area contributed by atoms with Crippen LogP contribution in [-0.2, 0) is 12.7 Å². The number of benzene rings is 1. The molecule has 0 aliphatic heterocycles. The fourth-order valence-electron chi connectivity index (χ4n) is 2.87. The van der Waals surface area contributed by atoms with E-state index < -0.39 is 11.9 Å². The first kappa shape index (κ1) is 15.8. The highest BCUT2D eigenvalue weighted by Crippen LogP contribution is 2.37. The summed E-state index contributed by atoms with van der Waals surface area (Å²) in [6.07, 6.45) is -3.23. The number of nitrogens with zero attached hydrogens (tertiary/aromatic N) is 3. The maximum Gasteiger partial charge on any atom is 0.435 e. The lowest BCUT2D eigenvalue weighted by atomic mass is 10.1. The lowest BCUT2D eigenvalue weighted by Crippen LogP contribution is -2.23. The van der Waals surface area contributed by atoms with E-state index in [1.807, 2.05) is 38.2 Å². The number of hydrogen-bond donors (Lipinski definition) is 0. The van der Waals surface area contributed by atoms with Crippen LogP contribution in [0.15, 0.2) is 36.5 Å². The van der Waals surface area contributed by atoms with E-state index in [9.17, 15) is 13.2 Å². The van der Waals surface area contributed by atoms with Gasteiger partial charge in [0.25, 0.3) is 0 Å². The van der Waals surface area contributed by atoms with E-state index in [-0.39, 0.29) is 5.52 Å². The molecule has 0 amide bonds. The van der Waals surface area contributed by atoms with Gasteiger partial charge in [0.2, 0.25) is 0 Å². The number of pyridine rings is 1. The van der Waals surface area contributed by atoms with Crippen LogP contribution >= 0.6 is 0 Å². The Morgan fingerprint density at radius 1 is 1.13 bits per heavy atom. The molecule has 1 aromatic carbocycles. The topological polar surface area (TPSA) is 21.1 Å². The molecule has 0 aliphatic rings. The van der Waals surface area contributed by atoms with Gasteiger partial charge in [-0.3, -0.25) is 0 Å². The highest BCUT2D eigenvalue weighted by atomic mass is 19.4. The molecule has 0 N–H and O–H groups in total. The van der Waals surface area contributed by atoms with E-state index in [0.717, 1.165) is 17.4 Å². The number of hydrogen-bond acceptors (Lipinski definition) is 2. The van der Waals surface area contributed by atoms with Gasteiger partial charge in [-0.1, -0.05) is 25.1 Å². The van der Waals surface area contributed by atoms with E-state index in [1.54, 1.807) is 10.6 Å². The molecule has 0 spiro atoms. The van der Waals surface area contributed by atoms with Crippen LogP contribution in [0.1, 0.15) is 12.6 Å². The van der Waals surface area contributed by atoms with Gasteiger partial charge in [-0.2, -0.15) is 13.2 Å². The van der Waals surface area contributed by atoms with Crippen LogP contribution in [0.5, 0.6) is 0 Å². The molecule has 3 aromatic rings. The van der Waals surface area contributed by atoms with Crippen molar-refractivity contribution in [1.82, 2.24) is 14.5 Å². The minimum absolute atomic E-state index is 0.172. The van der Waals surface area contributed by atoms with E-state index in [4.69, 9.17) is 0 Å². The number of aromatic nitrogens is 2. The minimum Gasteiger partial charge on any atom is -0.337 e. The zero-order chi connectivity index (χ0) is 16.6. The summed E-state index contributed by atoms with van der Waals surface area (Å²) in [5.41, 5.74) is 0.168. The third-order valence-corrected chi connectivity index (χ3v) is 4.19. The molecule has 23 heavy (non-hydrogen) atoms. The smallest absolute Gasteiger partial charge is 0.337 e. The van der Waals surface area contributed by atoms with E-state index in [2.05, 4.69) is 9.88 Å². The van der Waals surface area contributed by atoms with Gasteiger partial charge >= 0.3 is 6.18 Å². The number of halogens is 3. The van der Waals surface area contributed by atoms with E-state index in [1.165, 1.54) is 6.20 Å². The molecule has 0 atom stereocenters. The lowest BCUT2D eigenvalue weighted by Gasteiger charge is -2.17. The van der Waals surface area contributed by atoms with Crippen LogP contribution < -0.4 is 0 Å². The van der Waals surface area contributed by atoms with Gasteiger partial charge in [0.05, 0.1) is 5.52 Å².